The summed E-state index contributed by atoms with van der Waals surface area (Å²) in [5, 5.41) is 11.2. The Balaban J connectivity index is 1.76. The molecular formula is C18H15Cl2N3O3. The summed E-state index contributed by atoms with van der Waals surface area (Å²) in [7, 11) is 1.42. The third-order valence-electron chi connectivity index (χ3n) is 3.73. The molecule has 0 aliphatic carbocycles. The predicted octanol–water partition coefficient (Wildman–Crippen LogP) is 4.29. The second-order valence-corrected chi connectivity index (χ2v) is 6.25. The average Bonchev–Trinajstić information content (AvgIpc) is 3.10. The summed E-state index contributed by atoms with van der Waals surface area (Å²) in [5.41, 5.74) is 2.01. The van der Waals surface area contributed by atoms with Crippen molar-refractivity contribution in [2.75, 3.05) is 7.11 Å². The van der Waals surface area contributed by atoms with Crippen LogP contribution in [0.4, 0.5) is 0 Å². The van der Waals surface area contributed by atoms with Crippen LogP contribution in [-0.4, -0.2) is 23.2 Å². The van der Waals surface area contributed by atoms with E-state index in [2.05, 4.69) is 15.5 Å². The zero-order valence-corrected chi connectivity index (χ0v) is 15.6. The van der Waals surface area contributed by atoms with Gasteiger partial charge >= 0.3 is 0 Å². The number of aryl methyl sites for hydroxylation is 1. The van der Waals surface area contributed by atoms with E-state index < -0.39 is 5.91 Å². The highest BCUT2D eigenvalue weighted by molar-refractivity contribution is 6.37. The molecule has 8 heteroatoms. The Bertz CT molecular complexity index is 957. The van der Waals surface area contributed by atoms with Crippen molar-refractivity contribution in [3.8, 4) is 17.2 Å². The van der Waals surface area contributed by atoms with Crippen molar-refractivity contribution in [1.82, 2.24) is 15.5 Å². The maximum absolute atomic E-state index is 12.5. The van der Waals surface area contributed by atoms with Crippen LogP contribution in [-0.2, 0) is 6.54 Å². The molecule has 2 aromatic carbocycles. The number of carbonyl (C=O) groups is 1. The van der Waals surface area contributed by atoms with E-state index >= 15 is 0 Å². The summed E-state index contributed by atoms with van der Waals surface area (Å²) in [5.74, 6) is 0.423. The summed E-state index contributed by atoms with van der Waals surface area (Å²) in [6.07, 6.45) is 0. The summed E-state index contributed by atoms with van der Waals surface area (Å²) < 4.78 is 10.8. The van der Waals surface area contributed by atoms with Crippen molar-refractivity contribution < 1.29 is 13.9 Å². The molecule has 0 saturated carbocycles. The lowest BCUT2D eigenvalue weighted by Crippen LogP contribution is -2.24. The van der Waals surface area contributed by atoms with Crippen LogP contribution < -0.4 is 10.1 Å². The van der Waals surface area contributed by atoms with Crippen molar-refractivity contribution in [2.24, 2.45) is 0 Å². The molecule has 1 heterocycles. The van der Waals surface area contributed by atoms with Gasteiger partial charge in [-0.25, -0.2) is 0 Å². The molecule has 0 atom stereocenters. The molecule has 3 rings (SSSR count). The van der Waals surface area contributed by atoms with Crippen molar-refractivity contribution in [1.29, 1.82) is 0 Å². The van der Waals surface area contributed by atoms with Gasteiger partial charge in [0.25, 0.3) is 5.91 Å². The SMILES string of the molecule is COc1c(Cl)ccc(Cl)c1C(=O)NCc1nnc(-c2ccccc2C)o1. The predicted molar refractivity (Wildman–Crippen MR) is 98.7 cm³/mol. The zero-order chi connectivity index (χ0) is 18.7. The standard InChI is InChI=1S/C18H15Cl2N3O3/c1-10-5-3-4-6-11(10)18-23-22-14(26-18)9-21-17(24)15-12(19)7-8-13(20)16(15)25-2/h3-8H,9H2,1-2H3,(H,21,24). The van der Waals surface area contributed by atoms with Crippen molar-refractivity contribution >= 4 is 29.1 Å². The number of ether oxygens (including phenoxy) is 1. The second-order valence-electron chi connectivity index (χ2n) is 5.44. The van der Waals surface area contributed by atoms with Gasteiger partial charge in [0.15, 0.2) is 5.75 Å². The van der Waals surface area contributed by atoms with Gasteiger partial charge in [0, 0.05) is 5.56 Å². The first-order chi connectivity index (χ1) is 12.5. The smallest absolute Gasteiger partial charge is 0.257 e. The van der Waals surface area contributed by atoms with Crippen LogP contribution in [0.3, 0.4) is 0 Å². The van der Waals surface area contributed by atoms with Crippen molar-refractivity contribution in [2.45, 2.75) is 13.5 Å². The molecule has 26 heavy (non-hydrogen) atoms. The molecule has 1 N–H and O–H groups in total. The van der Waals surface area contributed by atoms with E-state index in [0.29, 0.717) is 10.9 Å². The molecule has 0 spiro atoms. The minimum Gasteiger partial charge on any atom is -0.494 e. The van der Waals surface area contributed by atoms with Crippen LogP contribution in [0.15, 0.2) is 40.8 Å². The number of nitrogens with zero attached hydrogens (tertiary/aromatic N) is 2. The monoisotopic (exact) mass is 391 g/mol. The highest BCUT2D eigenvalue weighted by Gasteiger charge is 2.20. The van der Waals surface area contributed by atoms with Gasteiger partial charge in [0.2, 0.25) is 11.8 Å². The van der Waals surface area contributed by atoms with E-state index in [-0.39, 0.29) is 28.8 Å². The third kappa shape index (κ3) is 3.66. The molecule has 0 aliphatic heterocycles. The Morgan fingerprint density at radius 1 is 1.15 bits per heavy atom. The van der Waals surface area contributed by atoms with Gasteiger partial charge in [-0.05, 0) is 30.7 Å². The lowest BCUT2D eigenvalue weighted by Gasteiger charge is -2.11. The van der Waals surface area contributed by atoms with E-state index in [1.54, 1.807) is 6.07 Å². The van der Waals surface area contributed by atoms with Gasteiger partial charge in [-0.2, -0.15) is 0 Å². The number of hydrogen-bond donors (Lipinski definition) is 1. The molecule has 0 fully saturated rings. The Morgan fingerprint density at radius 3 is 2.62 bits per heavy atom. The quantitative estimate of drug-likeness (QED) is 0.701. The van der Waals surface area contributed by atoms with Crippen LogP contribution >= 0.6 is 23.2 Å². The lowest BCUT2D eigenvalue weighted by molar-refractivity contribution is 0.0944. The third-order valence-corrected chi connectivity index (χ3v) is 4.35. The average molecular weight is 392 g/mol. The number of amides is 1. The molecule has 134 valence electrons. The van der Waals surface area contributed by atoms with E-state index in [4.69, 9.17) is 32.4 Å². The zero-order valence-electron chi connectivity index (χ0n) is 14.0. The van der Waals surface area contributed by atoms with E-state index in [1.807, 2.05) is 31.2 Å². The fraction of sp³-hybridized carbons (Fsp3) is 0.167. The number of aromatic nitrogens is 2. The molecule has 0 radical (unpaired) electrons. The van der Waals surface area contributed by atoms with Crippen LogP contribution in [0.25, 0.3) is 11.5 Å². The number of methoxy groups -OCH3 is 1. The summed E-state index contributed by atoms with van der Waals surface area (Å²) >= 11 is 12.2. The lowest BCUT2D eigenvalue weighted by atomic mass is 10.1. The highest BCUT2D eigenvalue weighted by Crippen LogP contribution is 2.33. The molecule has 1 aromatic heterocycles. The largest absolute Gasteiger partial charge is 0.494 e. The normalized spacial score (nSPS) is 10.6. The van der Waals surface area contributed by atoms with Gasteiger partial charge in [-0.15, -0.1) is 10.2 Å². The fourth-order valence-electron chi connectivity index (χ4n) is 2.44. The first kappa shape index (κ1) is 18.2. The van der Waals surface area contributed by atoms with Crippen LogP contribution in [0, 0.1) is 6.92 Å². The minimum absolute atomic E-state index is 0.0453. The second kappa shape index (κ2) is 7.76. The number of benzene rings is 2. The van der Waals surface area contributed by atoms with Crippen LogP contribution in [0.1, 0.15) is 21.8 Å². The minimum atomic E-state index is -0.454. The van der Waals surface area contributed by atoms with E-state index in [1.165, 1.54) is 13.2 Å². The van der Waals surface area contributed by atoms with Gasteiger partial charge in [-0.3, -0.25) is 4.79 Å². The summed E-state index contributed by atoms with van der Waals surface area (Å²) in [6, 6.07) is 10.8. The van der Waals surface area contributed by atoms with Gasteiger partial charge in [0.05, 0.1) is 23.7 Å². The van der Waals surface area contributed by atoms with Crippen LogP contribution in [0.2, 0.25) is 10.0 Å². The van der Waals surface area contributed by atoms with Crippen LogP contribution in [0.5, 0.6) is 5.75 Å². The Labute approximate surface area is 160 Å². The van der Waals surface area contributed by atoms with Crippen molar-refractivity contribution in [3.05, 3.63) is 63.5 Å². The molecule has 1 amide bonds. The first-order valence-electron chi connectivity index (χ1n) is 7.70. The topological polar surface area (TPSA) is 77.2 Å². The molecule has 0 saturated heterocycles. The molecule has 3 aromatic rings. The molecule has 0 bridgehead atoms. The van der Waals surface area contributed by atoms with Gasteiger partial charge in [0.1, 0.15) is 5.56 Å². The maximum atomic E-state index is 12.5. The Kier molecular flexibility index (Phi) is 5.44. The number of halogens is 2. The first-order valence-corrected chi connectivity index (χ1v) is 8.45. The fourth-order valence-corrected chi connectivity index (χ4v) is 2.90. The number of rotatable bonds is 5. The van der Waals surface area contributed by atoms with E-state index in [9.17, 15) is 4.79 Å². The molecule has 0 unspecified atom stereocenters. The maximum Gasteiger partial charge on any atom is 0.257 e. The van der Waals surface area contributed by atoms with E-state index in [0.717, 1.165) is 11.1 Å². The van der Waals surface area contributed by atoms with Crippen molar-refractivity contribution in [3.63, 3.8) is 0 Å². The van der Waals surface area contributed by atoms with Gasteiger partial charge < -0.3 is 14.5 Å². The number of hydrogen-bond acceptors (Lipinski definition) is 5. The number of nitrogens with one attached hydrogen (secondary N) is 1. The summed E-state index contributed by atoms with van der Waals surface area (Å²) in [4.78, 5) is 12.5. The van der Waals surface area contributed by atoms with Gasteiger partial charge in [-0.1, -0.05) is 41.4 Å². The Hall–Kier alpha value is -2.57. The number of carbonyl (C=O) groups excluding carboxylic acids is 1. The molecular weight excluding hydrogens is 377 g/mol. The highest BCUT2D eigenvalue weighted by atomic mass is 35.5. The molecule has 0 aliphatic rings. The summed E-state index contributed by atoms with van der Waals surface area (Å²) in [6.45, 7) is 2.00. The molecule has 6 nitrogen and oxygen atoms in total. The Morgan fingerprint density at radius 2 is 1.88 bits per heavy atom.